The van der Waals surface area contributed by atoms with Gasteiger partial charge in [0.2, 0.25) is 0 Å². The van der Waals surface area contributed by atoms with E-state index in [1.54, 1.807) is 26.0 Å². The Bertz CT molecular complexity index is 1040. The minimum absolute atomic E-state index is 0.302. The van der Waals surface area contributed by atoms with Gasteiger partial charge in [0.05, 0.1) is 45.2 Å². The molecule has 4 rings (SSSR count). The molecule has 33 heavy (non-hydrogen) atoms. The number of benzene rings is 1. The summed E-state index contributed by atoms with van der Waals surface area (Å²) in [5, 5.41) is 10.9. The minimum Gasteiger partial charge on any atom is -0.493 e. The summed E-state index contributed by atoms with van der Waals surface area (Å²) in [7, 11) is 3.28. The molecule has 0 aliphatic carbocycles. The highest BCUT2D eigenvalue weighted by atomic mass is 32.2. The second-order valence-electron chi connectivity index (χ2n) is 8.80. The van der Waals surface area contributed by atoms with Crippen molar-refractivity contribution in [3.05, 3.63) is 40.5 Å². The summed E-state index contributed by atoms with van der Waals surface area (Å²) in [6.45, 7) is 7.60. The van der Waals surface area contributed by atoms with Crippen molar-refractivity contribution >= 4 is 17.6 Å². The van der Waals surface area contributed by atoms with E-state index in [-0.39, 0.29) is 5.60 Å². The Balaban J connectivity index is 1.61. The second-order valence-corrected chi connectivity index (χ2v) is 9.88. The number of methoxy groups -OCH3 is 2. The van der Waals surface area contributed by atoms with Gasteiger partial charge in [-0.05, 0) is 43.5 Å². The van der Waals surface area contributed by atoms with E-state index >= 15 is 0 Å². The quantitative estimate of drug-likeness (QED) is 0.564. The van der Waals surface area contributed by atoms with Crippen molar-refractivity contribution in [1.82, 2.24) is 4.98 Å². The number of pyridine rings is 1. The van der Waals surface area contributed by atoms with Gasteiger partial charge < -0.3 is 23.8 Å². The number of hydrogen-bond acceptors (Lipinski definition) is 8. The number of ether oxygens (including phenoxy) is 4. The van der Waals surface area contributed by atoms with Crippen LogP contribution in [0.5, 0.6) is 11.5 Å². The van der Waals surface area contributed by atoms with Gasteiger partial charge in [-0.2, -0.15) is 5.26 Å². The third kappa shape index (κ3) is 5.21. The van der Waals surface area contributed by atoms with Gasteiger partial charge in [-0.3, -0.25) is 0 Å². The number of anilines is 1. The third-order valence-electron chi connectivity index (χ3n) is 6.07. The van der Waals surface area contributed by atoms with Crippen molar-refractivity contribution in [2.45, 2.75) is 43.9 Å². The fourth-order valence-electron chi connectivity index (χ4n) is 4.28. The van der Waals surface area contributed by atoms with Crippen molar-refractivity contribution in [3.8, 4) is 17.6 Å². The number of thioether (sulfide) groups is 1. The van der Waals surface area contributed by atoms with Gasteiger partial charge in [0, 0.05) is 30.8 Å². The number of aromatic nitrogens is 1. The lowest BCUT2D eigenvalue weighted by Crippen LogP contribution is -2.39. The van der Waals surface area contributed by atoms with E-state index in [1.807, 2.05) is 18.2 Å². The topological polar surface area (TPSA) is 76.8 Å². The summed E-state index contributed by atoms with van der Waals surface area (Å²) < 4.78 is 22.4. The summed E-state index contributed by atoms with van der Waals surface area (Å²) in [5.41, 5.74) is 3.68. The summed E-state index contributed by atoms with van der Waals surface area (Å²) in [5.74, 6) is 3.19. The smallest absolute Gasteiger partial charge is 0.160 e. The predicted octanol–water partition coefficient (Wildman–Crippen LogP) is 3.99. The van der Waals surface area contributed by atoms with E-state index in [4.69, 9.17) is 23.9 Å². The zero-order valence-electron chi connectivity index (χ0n) is 19.8. The maximum atomic E-state index is 10.1. The summed E-state index contributed by atoms with van der Waals surface area (Å²) in [6, 6.07) is 8.43. The number of nitrogens with zero attached hydrogens (tertiary/aromatic N) is 3. The highest BCUT2D eigenvalue weighted by molar-refractivity contribution is 7.99. The molecule has 0 atom stereocenters. The Labute approximate surface area is 200 Å². The van der Waals surface area contributed by atoms with E-state index in [2.05, 4.69) is 24.8 Å². The Morgan fingerprint density at radius 1 is 1.15 bits per heavy atom. The monoisotopic (exact) mass is 469 g/mol. The molecular formula is C25H31N3O4S. The molecule has 1 saturated heterocycles. The molecule has 2 aliphatic heterocycles. The molecule has 0 bridgehead atoms. The van der Waals surface area contributed by atoms with E-state index in [1.165, 1.54) is 0 Å². The number of aryl methyl sites for hydroxylation is 1. The van der Waals surface area contributed by atoms with Crippen molar-refractivity contribution in [2.24, 2.45) is 0 Å². The van der Waals surface area contributed by atoms with Crippen LogP contribution in [0.1, 0.15) is 36.1 Å². The highest BCUT2D eigenvalue weighted by Crippen LogP contribution is 2.39. The molecular weight excluding hydrogens is 438 g/mol. The first kappa shape index (κ1) is 23.7. The largest absolute Gasteiger partial charge is 0.493 e. The molecule has 1 fully saturated rings. The average Bonchev–Trinajstić information content (AvgIpc) is 2.83. The van der Waals surface area contributed by atoms with Crippen LogP contribution in [0.4, 0.5) is 5.82 Å². The van der Waals surface area contributed by atoms with Gasteiger partial charge in [0.25, 0.3) is 0 Å². The van der Waals surface area contributed by atoms with Gasteiger partial charge in [0.15, 0.2) is 11.5 Å². The lowest BCUT2D eigenvalue weighted by Gasteiger charge is -2.36. The molecule has 3 heterocycles. The molecule has 0 spiro atoms. The number of hydrogen-bond donors (Lipinski definition) is 0. The third-order valence-corrected chi connectivity index (χ3v) is 7.04. The van der Waals surface area contributed by atoms with E-state index in [9.17, 15) is 5.26 Å². The number of morpholine rings is 1. The van der Waals surface area contributed by atoms with Gasteiger partial charge in [-0.25, -0.2) is 4.98 Å². The van der Waals surface area contributed by atoms with Crippen LogP contribution in [0, 0.1) is 11.3 Å². The molecule has 2 aromatic rings. The van der Waals surface area contributed by atoms with E-state index in [0.29, 0.717) is 31.8 Å². The molecule has 7 nitrogen and oxygen atoms in total. The molecule has 1 aromatic heterocycles. The standard InChI is InChI=1S/C25H31N3O4S/c1-25(2)14-18-19(15-26)24(27-23(20(18)16-32-25)28-8-10-31-11-9-28)33-12-7-17-5-6-21(29-3)22(13-17)30-4/h5-6,13H,7-12,14,16H2,1-4H3. The van der Waals surface area contributed by atoms with Crippen LogP contribution in [-0.4, -0.2) is 56.9 Å². The Morgan fingerprint density at radius 3 is 2.61 bits per heavy atom. The van der Waals surface area contributed by atoms with E-state index < -0.39 is 0 Å². The summed E-state index contributed by atoms with van der Waals surface area (Å²) in [6.07, 6.45) is 1.53. The first-order valence-corrected chi connectivity index (χ1v) is 12.2. The van der Waals surface area contributed by atoms with Crippen LogP contribution >= 0.6 is 11.8 Å². The predicted molar refractivity (Wildman–Crippen MR) is 129 cm³/mol. The van der Waals surface area contributed by atoms with E-state index in [0.717, 1.165) is 64.3 Å². The zero-order chi connectivity index (χ0) is 23.4. The molecule has 1 aromatic carbocycles. The lowest BCUT2D eigenvalue weighted by atomic mass is 9.89. The zero-order valence-corrected chi connectivity index (χ0v) is 20.6. The van der Waals surface area contributed by atoms with Crippen LogP contribution < -0.4 is 14.4 Å². The number of fused-ring (bicyclic) bond motifs is 1. The fourth-order valence-corrected chi connectivity index (χ4v) is 5.28. The fraction of sp³-hybridized carbons (Fsp3) is 0.520. The van der Waals surface area contributed by atoms with Crippen molar-refractivity contribution in [2.75, 3.05) is 51.2 Å². The first-order valence-electron chi connectivity index (χ1n) is 11.2. The minimum atomic E-state index is -0.302. The Morgan fingerprint density at radius 2 is 1.91 bits per heavy atom. The Kier molecular flexibility index (Phi) is 7.32. The van der Waals surface area contributed by atoms with Crippen LogP contribution in [0.25, 0.3) is 0 Å². The summed E-state index contributed by atoms with van der Waals surface area (Å²) in [4.78, 5) is 7.27. The van der Waals surface area contributed by atoms with Gasteiger partial charge in [-0.15, -0.1) is 11.8 Å². The van der Waals surface area contributed by atoms with Crippen molar-refractivity contribution in [1.29, 1.82) is 5.26 Å². The maximum absolute atomic E-state index is 10.1. The molecule has 0 amide bonds. The van der Waals surface area contributed by atoms with Crippen LogP contribution in [0.2, 0.25) is 0 Å². The molecule has 0 unspecified atom stereocenters. The van der Waals surface area contributed by atoms with Crippen LogP contribution in [0.15, 0.2) is 23.2 Å². The van der Waals surface area contributed by atoms with Crippen molar-refractivity contribution in [3.63, 3.8) is 0 Å². The molecule has 0 N–H and O–H groups in total. The molecule has 176 valence electrons. The van der Waals surface area contributed by atoms with Crippen molar-refractivity contribution < 1.29 is 18.9 Å². The summed E-state index contributed by atoms with van der Waals surface area (Å²) >= 11 is 1.64. The number of nitriles is 1. The second kappa shape index (κ2) is 10.2. The Hall–Kier alpha value is -2.47. The van der Waals surface area contributed by atoms with Gasteiger partial charge >= 0.3 is 0 Å². The van der Waals surface area contributed by atoms with Gasteiger partial charge in [-0.1, -0.05) is 6.07 Å². The van der Waals surface area contributed by atoms with Crippen LogP contribution in [-0.2, 0) is 28.9 Å². The normalized spacial score (nSPS) is 17.2. The molecule has 0 saturated carbocycles. The SMILES string of the molecule is COc1ccc(CCSc2nc(N3CCOCC3)c3c(c2C#N)CC(C)(C)OC3)cc1OC. The first-order chi connectivity index (χ1) is 16.0. The van der Waals surface area contributed by atoms with Gasteiger partial charge in [0.1, 0.15) is 16.9 Å². The van der Waals surface area contributed by atoms with Crippen LogP contribution in [0.3, 0.4) is 0 Å². The maximum Gasteiger partial charge on any atom is 0.160 e. The lowest BCUT2D eigenvalue weighted by molar-refractivity contribution is -0.0402. The highest BCUT2D eigenvalue weighted by Gasteiger charge is 2.33. The molecule has 0 radical (unpaired) electrons. The number of rotatable bonds is 7. The molecule has 2 aliphatic rings. The molecule has 8 heteroatoms. The average molecular weight is 470 g/mol.